The molecule has 0 N–H and O–H groups in total. The van der Waals surface area contributed by atoms with Gasteiger partial charge in [-0.2, -0.15) is 0 Å². The van der Waals surface area contributed by atoms with Crippen LogP contribution in [0.15, 0.2) is 60.7 Å². The van der Waals surface area contributed by atoms with Crippen molar-refractivity contribution in [2.24, 2.45) is 11.8 Å². The van der Waals surface area contributed by atoms with Crippen LogP contribution in [-0.2, 0) is 12.8 Å². The van der Waals surface area contributed by atoms with Crippen LogP contribution in [0.3, 0.4) is 0 Å². The topological polar surface area (TPSA) is 0 Å². The predicted molar refractivity (Wildman–Crippen MR) is 137 cm³/mol. The van der Waals surface area contributed by atoms with Crippen molar-refractivity contribution in [1.29, 1.82) is 0 Å². The molecule has 0 saturated carbocycles. The number of likely N-dealkylation sites (tertiary alicyclic amines) is 2. The van der Waals surface area contributed by atoms with Gasteiger partial charge in [-0.05, 0) is 61.5 Å². The SMILES string of the molecule is C[N+]1(CCc2ccccc2)CCC(CCC2CC[N+](C)(CCc3ccccc3)CC2)CC1. The minimum absolute atomic E-state index is 0.985. The van der Waals surface area contributed by atoms with E-state index in [9.17, 15) is 0 Å². The Morgan fingerprint density at radius 3 is 1.25 bits per heavy atom. The summed E-state index contributed by atoms with van der Waals surface area (Å²) >= 11 is 0. The van der Waals surface area contributed by atoms with Crippen LogP contribution in [-0.4, -0.2) is 62.3 Å². The third kappa shape index (κ3) is 6.93. The Bertz CT molecular complexity index is 715. The van der Waals surface area contributed by atoms with Crippen LogP contribution in [0.25, 0.3) is 0 Å². The highest BCUT2D eigenvalue weighted by Crippen LogP contribution is 2.31. The Morgan fingerprint density at radius 1 is 0.562 bits per heavy atom. The highest BCUT2D eigenvalue weighted by Gasteiger charge is 2.32. The summed E-state index contributed by atoms with van der Waals surface area (Å²) < 4.78 is 2.57. The molecule has 0 bridgehead atoms. The van der Waals surface area contributed by atoms with Gasteiger partial charge < -0.3 is 8.97 Å². The van der Waals surface area contributed by atoms with E-state index in [0.717, 1.165) is 11.8 Å². The maximum atomic E-state index is 2.49. The molecule has 174 valence electrons. The largest absolute Gasteiger partial charge is 0.326 e. The van der Waals surface area contributed by atoms with Crippen molar-refractivity contribution in [1.82, 2.24) is 0 Å². The number of hydrogen-bond acceptors (Lipinski definition) is 0. The first-order valence-corrected chi connectivity index (χ1v) is 13.3. The van der Waals surface area contributed by atoms with Gasteiger partial charge in [0, 0.05) is 12.8 Å². The zero-order valence-electron chi connectivity index (χ0n) is 20.7. The third-order valence-corrected chi connectivity index (χ3v) is 8.86. The second-order valence-electron chi connectivity index (χ2n) is 11.5. The van der Waals surface area contributed by atoms with Crippen LogP contribution in [0.2, 0.25) is 0 Å². The Hall–Kier alpha value is -1.64. The van der Waals surface area contributed by atoms with E-state index in [1.165, 1.54) is 111 Å². The van der Waals surface area contributed by atoms with E-state index in [-0.39, 0.29) is 0 Å². The van der Waals surface area contributed by atoms with Crippen molar-refractivity contribution in [2.75, 3.05) is 53.4 Å². The molecule has 2 fully saturated rings. The number of piperidine rings is 2. The minimum Gasteiger partial charge on any atom is -0.326 e. The highest BCUT2D eigenvalue weighted by molar-refractivity contribution is 5.15. The molecule has 2 heterocycles. The summed E-state index contributed by atoms with van der Waals surface area (Å²) in [4.78, 5) is 0. The molecule has 2 saturated heterocycles. The minimum atomic E-state index is 0.985. The van der Waals surface area contributed by atoms with Gasteiger partial charge in [-0.25, -0.2) is 0 Å². The molecule has 2 nitrogen and oxygen atoms in total. The summed E-state index contributed by atoms with van der Waals surface area (Å²) in [6.45, 7) is 8.15. The van der Waals surface area contributed by atoms with Crippen LogP contribution < -0.4 is 0 Å². The van der Waals surface area contributed by atoms with E-state index < -0.39 is 0 Å². The molecule has 2 heteroatoms. The van der Waals surface area contributed by atoms with Gasteiger partial charge in [0.05, 0.1) is 53.4 Å². The molecule has 0 unspecified atom stereocenters. The van der Waals surface area contributed by atoms with Gasteiger partial charge in [0.15, 0.2) is 0 Å². The van der Waals surface area contributed by atoms with Gasteiger partial charge in [-0.1, -0.05) is 60.7 Å². The lowest BCUT2D eigenvalue weighted by Gasteiger charge is -2.42. The fraction of sp³-hybridized carbons (Fsp3) is 0.600. The van der Waals surface area contributed by atoms with Gasteiger partial charge in [0.25, 0.3) is 0 Å². The molecule has 2 aromatic carbocycles. The van der Waals surface area contributed by atoms with Gasteiger partial charge in [-0.15, -0.1) is 0 Å². The molecule has 2 aromatic rings. The molecule has 4 rings (SSSR count). The zero-order valence-corrected chi connectivity index (χ0v) is 20.7. The quantitative estimate of drug-likeness (QED) is 0.427. The average Bonchev–Trinajstić information content (AvgIpc) is 2.84. The Morgan fingerprint density at radius 2 is 0.906 bits per heavy atom. The fourth-order valence-corrected chi connectivity index (χ4v) is 6.07. The van der Waals surface area contributed by atoms with E-state index in [1.54, 1.807) is 0 Å². The summed E-state index contributed by atoms with van der Waals surface area (Å²) in [7, 11) is 4.99. The molecular formula is C30H46N2+2. The lowest BCUT2D eigenvalue weighted by Crippen LogP contribution is -2.51. The summed E-state index contributed by atoms with van der Waals surface area (Å²) in [6, 6.07) is 22.1. The van der Waals surface area contributed by atoms with Crippen molar-refractivity contribution < 1.29 is 8.97 Å². The predicted octanol–water partition coefficient (Wildman–Crippen LogP) is 5.97. The lowest BCUT2D eigenvalue weighted by molar-refractivity contribution is -0.915. The van der Waals surface area contributed by atoms with E-state index in [2.05, 4.69) is 74.8 Å². The Balaban J connectivity index is 1.12. The molecule has 0 atom stereocenters. The molecular weight excluding hydrogens is 388 g/mol. The van der Waals surface area contributed by atoms with Gasteiger partial charge >= 0.3 is 0 Å². The van der Waals surface area contributed by atoms with Crippen LogP contribution in [0.1, 0.15) is 49.7 Å². The van der Waals surface area contributed by atoms with E-state index in [1.807, 2.05) is 0 Å². The second-order valence-corrected chi connectivity index (χ2v) is 11.5. The first-order valence-electron chi connectivity index (χ1n) is 13.3. The molecule has 0 radical (unpaired) electrons. The first-order chi connectivity index (χ1) is 15.5. The molecule has 0 amide bonds. The smallest absolute Gasteiger partial charge is 0.0825 e. The maximum absolute atomic E-state index is 2.49. The van der Waals surface area contributed by atoms with Crippen LogP contribution in [0.4, 0.5) is 0 Å². The second kappa shape index (κ2) is 11.0. The number of quaternary nitrogens is 2. The van der Waals surface area contributed by atoms with Gasteiger partial charge in [0.2, 0.25) is 0 Å². The number of likely N-dealkylation sites (N-methyl/N-ethyl adjacent to an activating group) is 2. The van der Waals surface area contributed by atoms with Crippen molar-refractivity contribution in [2.45, 2.75) is 51.4 Å². The van der Waals surface area contributed by atoms with Gasteiger partial charge in [-0.3, -0.25) is 0 Å². The molecule has 2 aliphatic heterocycles. The van der Waals surface area contributed by atoms with Crippen molar-refractivity contribution in [3.63, 3.8) is 0 Å². The highest BCUT2D eigenvalue weighted by atomic mass is 15.3. The van der Waals surface area contributed by atoms with Crippen molar-refractivity contribution >= 4 is 0 Å². The van der Waals surface area contributed by atoms with Crippen LogP contribution in [0.5, 0.6) is 0 Å². The van der Waals surface area contributed by atoms with Crippen LogP contribution >= 0.6 is 0 Å². The van der Waals surface area contributed by atoms with Crippen molar-refractivity contribution in [3.05, 3.63) is 71.8 Å². The Kier molecular flexibility index (Phi) is 8.07. The van der Waals surface area contributed by atoms with Gasteiger partial charge in [0.1, 0.15) is 0 Å². The summed E-state index contributed by atoms with van der Waals surface area (Å²) in [5.74, 6) is 1.97. The maximum Gasteiger partial charge on any atom is 0.0825 e. The lowest BCUT2D eigenvalue weighted by atomic mass is 9.84. The number of rotatable bonds is 9. The molecule has 0 aromatic heterocycles. The van der Waals surface area contributed by atoms with E-state index in [4.69, 9.17) is 0 Å². The zero-order chi connectivity index (χ0) is 22.3. The molecule has 2 aliphatic rings. The monoisotopic (exact) mass is 434 g/mol. The molecule has 0 aliphatic carbocycles. The Labute approximate surface area is 197 Å². The third-order valence-electron chi connectivity index (χ3n) is 8.86. The van der Waals surface area contributed by atoms with Crippen molar-refractivity contribution in [3.8, 4) is 0 Å². The standard InChI is InChI=1S/C30H46N2/c1-31(21-15-27-9-5-3-6-10-27)23-17-29(18-24-31)13-14-30-19-25-32(2,26-20-30)22-16-28-11-7-4-8-12-28/h3-12,29-30H,13-26H2,1-2H3/q+2. The van der Waals surface area contributed by atoms with E-state index in [0.29, 0.717) is 0 Å². The first kappa shape index (κ1) is 23.5. The summed E-state index contributed by atoms with van der Waals surface area (Å²) in [6.07, 6.45) is 11.2. The molecule has 0 spiro atoms. The summed E-state index contributed by atoms with van der Waals surface area (Å²) in [5.41, 5.74) is 3.00. The fourth-order valence-electron chi connectivity index (χ4n) is 6.07. The normalized spacial score (nSPS) is 30.8. The average molecular weight is 435 g/mol. The van der Waals surface area contributed by atoms with E-state index >= 15 is 0 Å². The van der Waals surface area contributed by atoms with Crippen LogP contribution in [0, 0.1) is 11.8 Å². The number of benzene rings is 2. The summed E-state index contributed by atoms with van der Waals surface area (Å²) in [5, 5.41) is 0. The molecule has 32 heavy (non-hydrogen) atoms. The number of hydrogen-bond donors (Lipinski definition) is 0. The number of nitrogens with zero attached hydrogens (tertiary/aromatic N) is 2.